The second-order valence-electron chi connectivity index (χ2n) is 10.5. The fourth-order valence-corrected chi connectivity index (χ4v) is 5.42. The smallest absolute Gasteiger partial charge is 0.339 e. The summed E-state index contributed by atoms with van der Waals surface area (Å²) in [7, 11) is -1.35. The van der Waals surface area contributed by atoms with Gasteiger partial charge in [0, 0.05) is 36.3 Å². The van der Waals surface area contributed by atoms with Gasteiger partial charge in [0.05, 0.1) is 16.9 Å². The standard InChI is InChI=1S/C10H8F2NO3PS.C10H19NO.C6H10N2.C3H6.CH2O/c11-10(12,17(15)16)6-1-2-7-5(3-6)4-8(18-7)9(13)14;1-2-3-4-7-10(12)11-8-5-6-9-11;1-8-3-2-6(4-7)5-8;1-2-3-1;1-2/h1-4,15-16H,(H2,13,14);2-9H2,1H3;6H,2-3,5H2,1H3;1-3H2;1H2. The number of unbranched alkanes of at least 4 members (excludes halogenated alkanes) is 2. The van der Waals surface area contributed by atoms with Crippen molar-refractivity contribution < 1.29 is 33.0 Å². The summed E-state index contributed by atoms with van der Waals surface area (Å²) in [6.07, 6.45) is 12.2. The number of hydrogen-bond acceptors (Lipinski definition) is 8. The van der Waals surface area contributed by atoms with E-state index in [2.05, 4.69) is 24.9 Å². The summed E-state index contributed by atoms with van der Waals surface area (Å²) in [5.74, 6) is 0.0528. The number of carbonyl (C=O) groups excluding carboxylic acids is 3. The second-order valence-corrected chi connectivity index (χ2v) is 12.8. The number of amides is 2. The van der Waals surface area contributed by atoms with E-state index in [0.29, 0.717) is 21.9 Å². The number of nitrogens with zero attached hydrogens (tertiary/aromatic N) is 3. The van der Waals surface area contributed by atoms with Gasteiger partial charge in [-0.05, 0) is 62.9 Å². The van der Waals surface area contributed by atoms with Gasteiger partial charge in [-0.25, -0.2) is 0 Å². The van der Waals surface area contributed by atoms with E-state index in [0.717, 1.165) is 68.9 Å². The van der Waals surface area contributed by atoms with Crippen molar-refractivity contribution in [1.82, 2.24) is 9.80 Å². The molecule has 2 saturated heterocycles. The number of fused-ring (bicyclic) bond motifs is 1. The van der Waals surface area contributed by atoms with Crippen LogP contribution in [0, 0.1) is 17.2 Å². The van der Waals surface area contributed by atoms with Gasteiger partial charge < -0.3 is 30.1 Å². The van der Waals surface area contributed by atoms with Crippen LogP contribution < -0.4 is 5.73 Å². The van der Waals surface area contributed by atoms with Gasteiger partial charge in [0.2, 0.25) is 14.3 Å². The molecule has 3 heterocycles. The molecule has 2 aliphatic heterocycles. The van der Waals surface area contributed by atoms with Crippen LogP contribution in [0.5, 0.6) is 0 Å². The average Bonchev–Trinajstić information content (AvgIpc) is 3.46. The van der Waals surface area contributed by atoms with Crippen LogP contribution in [0.3, 0.4) is 0 Å². The van der Waals surface area contributed by atoms with Crippen molar-refractivity contribution in [2.45, 2.75) is 76.8 Å². The highest BCUT2D eigenvalue weighted by Gasteiger charge is 2.41. The van der Waals surface area contributed by atoms with Crippen molar-refractivity contribution in [1.29, 1.82) is 5.26 Å². The van der Waals surface area contributed by atoms with E-state index in [1.54, 1.807) is 0 Å². The number of benzene rings is 1. The third kappa shape index (κ3) is 14.2. The van der Waals surface area contributed by atoms with Crippen LogP contribution >= 0.6 is 19.7 Å². The van der Waals surface area contributed by atoms with E-state index < -0.39 is 25.5 Å². The zero-order valence-electron chi connectivity index (χ0n) is 25.1. The van der Waals surface area contributed by atoms with Crippen LogP contribution in [0.1, 0.15) is 86.4 Å². The highest BCUT2D eigenvalue weighted by molar-refractivity contribution is 7.46. The lowest BCUT2D eigenvalue weighted by Gasteiger charge is -2.17. The minimum Gasteiger partial charge on any atom is -0.365 e. The number of rotatable bonds is 7. The quantitative estimate of drug-likeness (QED) is 0.249. The molecule has 1 unspecified atom stereocenters. The molecule has 3 aliphatic rings. The Morgan fingerprint density at radius 2 is 1.74 bits per heavy atom. The first-order valence-corrected chi connectivity index (χ1v) is 16.6. The van der Waals surface area contributed by atoms with Crippen LogP contribution in [-0.2, 0) is 15.3 Å². The van der Waals surface area contributed by atoms with Gasteiger partial charge >= 0.3 is 5.66 Å². The molecule has 1 atom stereocenters. The molecule has 0 radical (unpaired) electrons. The van der Waals surface area contributed by atoms with Crippen molar-refractivity contribution in [3.8, 4) is 6.07 Å². The van der Waals surface area contributed by atoms with E-state index in [1.165, 1.54) is 57.1 Å². The van der Waals surface area contributed by atoms with Gasteiger partial charge in [-0.3, -0.25) is 9.59 Å². The van der Waals surface area contributed by atoms with Crippen LogP contribution in [-0.4, -0.2) is 71.4 Å². The third-order valence-electron chi connectivity index (χ3n) is 6.74. The summed E-state index contributed by atoms with van der Waals surface area (Å²) in [4.78, 5) is 52.3. The van der Waals surface area contributed by atoms with Crippen molar-refractivity contribution in [3.63, 3.8) is 0 Å². The maximum atomic E-state index is 13.4. The Morgan fingerprint density at radius 3 is 2.19 bits per heavy atom. The molecule has 1 saturated carbocycles. The number of halogens is 2. The monoisotopic (exact) mass is 642 g/mol. The highest BCUT2D eigenvalue weighted by Crippen LogP contribution is 2.53. The minimum atomic E-state index is -3.70. The Kier molecular flexibility index (Phi) is 18.3. The molecule has 0 spiro atoms. The van der Waals surface area contributed by atoms with Crippen LogP contribution in [0.4, 0.5) is 8.78 Å². The molecule has 1 aliphatic carbocycles. The van der Waals surface area contributed by atoms with Gasteiger partial charge in [0.15, 0.2) is 0 Å². The lowest BCUT2D eigenvalue weighted by molar-refractivity contribution is -0.130. The first-order chi connectivity index (χ1) is 20.5. The van der Waals surface area contributed by atoms with E-state index in [9.17, 15) is 18.4 Å². The second kappa shape index (κ2) is 20.4. The largest absolute Gasteiger partial charge is 0.365 e. The first kappa shape index (κ1) is 38.5. The minimum absolute atomic E-state index is 0.265. The van der Waals surface area contributed by atoms with Crippen LogP contribution in [0.15, 0.2) is 24.3 Å². The number of likely N-dealkylation sites (tertiary alicyclic amines) is 2. The molecule has 43 heavy (non-hydrogen) atoms. The number of alkyl halides is 2. The summed E-state index contributed by atoms with van der Waals surface area (Å²) in [5.41, 5.74) is 0.900. The van der Waals surface area contributed by atoms with E-state index in [1.807, 2.05) is 11.7 Å². The normalized spacial score (nSPS) is 17.3. The molecule has 13 heteroatoms. The highest BCUT2D eigenvalue weighted by atomic mass is 32.1. The van der Waals surface area contributed by atoms with Gasteiger partial charge in [0.1, 0.15) is 6.79 Å². The molecule has 0 bridgehead atoms. The lowest BCUT2D eigenvalue weighted by Crippen LogP contribution is -2.27. The first-order valence-electron chi connectivity index (χ1n) is 14.5. The molecule has 1 aromatic heterocycles. The van der Waals surface area contributed by atoms with E-state index >= 15 is 0 Å². The molecule has 2 aromatic rings. The fourth-order valence-electron chi connectivity index (χ4n) is 4.16. The SMILES string of the molecule is C1CC1.C=O.CCCCCC(=O)N1CCCC1.CN1CCC(C#N)C1.NC(=O)c1cc2cc(C(F)(F)P(O)O)ccc2s1. The molecular weight excluding hydrogens is 597 g/mol. The van der Waals surface area contributed by atoms with Crippen molar-refractivity contribution >= 4 is 48.4 Å². The fraction of sp³-hybridized carbons (Fsp3) is 0.600. The number of hydrogen-bond donors (Lipinski definition) is 3. The topological polar surface area (TPSA) is 148 Å². The lowest BCUT2D eigenvalue weighted by atomic mass is 10.1. The molecule has 2 amide bonds. The van der Waals surface area contributed by atoms with Gasteiger partial charge in [-0.2, -0.15) is 14.0 Å². The van der Waals surface area contributed by atoms with Gasteiger partial charge in [-0.15, -0.1) is 11.3 Å². The predicted molar refractivity (Wildman–Crippen MR) is 168 cm³/mol. The summed E-state index contributed by atoms with van der Waals surface area (Å²) < 4.78 is 27.5. The molecule has 4 N–H and O–H groups in total. The summed E-state index contributed by atoms with van der Waals surface area (Å²) in [6.45, 7) is 8.24. The zero-order valence-corrected chi connectivity index (χ0v) is 26.9. The average molecular weight is 643 g/mol. The Balaban J connectivity index is 0.000000317. The number of primary amides is 1. The van der Waals surface area contributed by atoms with Crippen LogP contribution in [0.25, 0.3) is 10.1 Å². The summed E-state index contributed by atoms with van der Waals surface area (Å²) >= 11 is 1.09. The molecule has 240 valence electrons. The van der Waals surface area contributed by atoms with Gasteiger partial charge in [0.25, 0.3) is 5.91 Å². The van der Waals surface area contributed by atoms with Gasteiger partial charge in [-0.1, -0.05) is 45.1 Å². The number of carbonyl (C=O) groups is 3. The number of nitrogens with two attached hydrogens (primary N) is 1. The van der Waals surface area contributed by atoms with Crippen molar-refractivity contribution in [2.24, 2.45) is 11.7 Å². The van der Waals surface area contributed by atoms with Crippen molar-refractivity contribution in [3.05, 3.63) is 34.7 Å². The Labute approximate surface area is 258 Å². The third-order valence-corrected chi connectivity index (χ3v) is 8.63. The zero-order chi connectivity index (χ0) is 32.4. The predicted octanol–water partition coefficient (Wildman–Crippen LogP) is 5.98. The molecule has 5 rings (SSSR count). The van der Waals surface area contributed by atoms with Crippen LogP contribution in [0.2, 0.25) is 0 Å². The Morgan fingerprint density at radius 1 is 1.12 bits per heavy atom. The number of thiophene rings is 1. The Bertz CT molecular complexity index is 1170. The van der Waals surface area contributed by atoms with Crippen molar-refractivity contribution in [2.75, 3.05) is 33.2 Å². The molecular formula is C30H45F2N4O5PS. The Hall–Kier alpha value is -2.55. The summed E-state index contributed by atoms with van der Waals surface area (Å²) in [6, 6.07) is 7.28. The molecule has 1 aromatic carbocycles. The van der Waals surface area contributed by atoms with E-state index in [-0.39, 0.29) is 4.88 Å². The van der Waals surface area contributed by atoms with E-state index in [4.69, 9.17) is 25.6 Å². The molecule has 9 nitrogen and oxygen atoms in total. The number of nitriles is 1. The summed E-state index contributed by atoms with van der Waals surface area (Å²) in [5, 5.41) is 8.83. The molecule has 3 fully saturated rings. The maximum Gasteiger partial charge on any atom is 0.339 e. The maximum absolute atomic E-state index is 13.4.